The summed E-state index contributed by atoms with van der Waals surface area (Å²) in [6, 6.07) is 1.81. The average molecular weight is 197 g/mol. The molecule has 0 saturated carbocycles. The molecule has 5 nitrogen and oxygen atoms in total. The third-order valence-corrected chi connectivity index (χ3v) is 1.66. The summed E-state index contributed by atoms with van der Waals surface area (Å²) >= 11 is 0. The second-order valence-electron chi connectivity index (χ2n) is 2.87. The van der Waals surface area contributed by atoms with Crippen molar-refractivity contribution < 1.29 is 9.53 Å². The molecule has 78 valence electrons. The quantitative estimate of drug-likeness (QED) is 0.775. The lowest BCUT2D eigenvalue weighted by Crippen LogP contribution is -2.13. The maximum atomic E-state index is 11.0. The van der Waals surface area contributed by atoms with E-state index in [1.165, 1.54) is 0 Å². The van der Waals surface area contributed by atoms with Crippen molar-refractivity contribution in [1.29, 1.82) is 0 Å². The largest absolute Gasteiger partial charge is 0.450 e. The monoisotopic (exact) mass is 197 g/mol. The Morgan fingerprint density at radius 3 is 3.07 bits per heavy atom. The maximum absolute atomic E-state index is 11.0. The summed E-state index contributed by atoms with van der Waals surface area (Å²) in [6.07, 6.45) is 1.50. The first-order chi connectivity index (χ1) is 6.76. The third-order valence-electron chi connectivity index (χ3n) is 1.66. The summed E-state index contributed by atoms with van der Waals surface area (Å²) in [5.74, 6) is 0.506. The Morgan fingerprint density at radius 1 is 1.64 bits per heavy atom. The fraction of sp³-hybridized carbons (Fsp3) is 0.556. The van der Waals surface area contributed by atoms with Gasteiger partial charge in [-0.15, -0.1) is 0 Å². The van der Waals surface area contributed by atoms with Crippen molar-refractivity contribution in [3.8, 4) is 0 Å². The van der Waals surface area contributed by atoms with Crippen molar-refractivity contribution in [2.45, 2.75) is 26.7 Å². The number of hydrogen-bond donors (Lipinski definition) is 2. The van der Waals surface area contributed by atoms with Crippen LogP contribution in [0.2, 0.25) is 0 Å². The molecule has 0 radical (unpaired) electrons. The number of nitrogens with one attached hydrogen (secondary N) is 2. The number of amides is 1. The summed E-state index contributed by atoms with van der Waals surface area (Å²) in [6.45, 7) is 4.20. The Morgan fingerprint density at radius 2 is 2.43 bits per heavy atom. The Kier molecular flexibility index (Phi) is 3.97. The molecule has 0 aliphatic carbocycles. The van der Waals surface area contributed by atoms with Crippen molar-refractivity contribution in [2.24, 2.45) is 0 Å². The number of nitrogens with zero attached hydrogens (tertiary/aromatic N) is 1. The molecule has 0 spiro atoms. The Balaban J connectivity index is 2.46. The number of ether oxygens (including phenoxy) is 1. The van der Waals surface area contributed by atoms with Crippen molar-refractivity contribution in [1.82, 2.24) is 10.2 Å². The minimum absolute atomic E-state index is 0.359. The van der Waals surface area contributed by atoms with Gasteiger partial charge in [0.25, 0.3) is 0 Å². The highest BCUT2D eigenvalue weighted by Gasteiger charge is 2.04. The first-order valence-electron chi connectivity index (χ1n) is 4.74. The zero-order chi connectivity index (χ0) is 10.4. The lowest BCUT2D eigenvalue weighted by atomic mass is 10.2. The predicted octanol–water partition coefficient (Wildman–Crippen LogP) is 1.93. The Labute approximate surface area is 82.8 Å². The van der Waals surface area contributed by atoms with E-state index in [0.29, 0.717) is 12.4 Å². The van der Waals surface area contributed by atoms with Crippen LogP contribution in [0, 0.1) is 0 Å². The SMILES string of the molecule is CCCc1cc(NC(=O)OCC)n[nH]1. The summed E-state index contributed by atoms with van der Waals surface area (Å²) in [5, 5.41) is 9.27. The topological polar surface area (TPSA) is 67.0 Å². The van der Waals surface area contributed by atoms with Crippen LogP contribution in [0.5, 0.6) is 0 Å². The van der Waals surface area contributed by atoms with Crippen LogP contribution in [-0.4, -0.2) is 22.9 Å². The lowest BCUT2D eigenvalue weighted by Gasteiger charge is -1.99. The van der Waals surface area contributed by atoms with Crippen LogP contribution in [0.3, 0.4) is 0 Å². The third kappa shape index (κ3) is 3.08. The summed E-state index contributed by atoms with van der Waals surface area (Å²) < 4.78 is 4.71. The molecule has 1 amide bonds. The number of rotatable bonds is 4. The molecule has 1 aromatic heterocycles. The number of hydrogen-bond acceptors (Lipinski definition) is 3. The normalized spacial score (nSPS) is 9.86. The highest BCUT2D eigenvalue weighted by atomic mass is 16.5. The molecule has 0 fully saturated rings. The van der Waals surface area contributed by atoms with E-state index in [1.807, 2.05) is 0 Å². The second kappa shape index (κ2) is 5.26. The minimum Gasteiger partial charge on any atom is -0.450 e. The van der Waals surface area contributed by atoms with E-state index in [9.17, 15) is 4.79 Å². The second-order valence-corrected chi connectivity index (χ2v) is 2.87. The van der Waals surface area contributed by atoms with Gasteiger partial charge in [0.1, 0.15) is 0 Å². The van der Waals surface area contributed by atoms with Gasteiger partial charge in [-0.05, 0) is 13.3 Å². The average Bonchev–Trinajstić information content (AvgIpc) is 2.53. The van der Waals surface area contributed by atoms with Crippen LogP contribution in [0.25, 0.3) is 0 Å². The number of carbonyl (C=O) groups excluding carboxylic acids is 1. The molecule has 0 aliphatic heterocycles. The maximum Gasteiger partial charge on any atom is 0.412 e. The Hall–Kier alpha value is -1.52. The molecule has 5 heteroatoms. The molecule has 2 N–H and O–H groups in total. The van der Waals surface area contributed by atoms with Crippen LogP contribution >= 0.6 is 0 Å². The van der Waals surface area contributed by atoms with E-state index in [1.54, 1.807) is 13.0 Å². The van der Waals surface area contributed by atoms with Gasteiger partial charge in [-0.3, -0.25) is 10.4 Å². The van der Waals surface area contributed by atoms with E-state index in [4.69, 9.17) is 4.74 Å². The summed E-state index contributed by atoms with van der Waals surface area (Å²) in [4.78, 5) is 11.0. The fourth-order valence-corrected chi connectivity index (χ4v) is 1.09. The van der Waals surface area contributed by atoms with Crippen LogP contribution in [0.4, 0.5) is 10.6 Å². The zero-order valence-electron chi connectivity index (χ0n) is 8.46. The molecular weight excluding hydrogens is 182 g/mol. The predicted molar refractivity (Wildman–Crippen MR) is 53.2 cm³/mol. The molecule has 1 heterocycles. The van der Waals surface area contributed by atoms with Gasteiger partial charge in [0, 0.05) is 11.8 Å². The van der Waals surface area contributed by atoms with Gasteiger partial charge >= 0.3 is 6.09 Å². The minimum atomic E-state index is -0.470. The molecule has 0 unspecified atom stereocenters. The Bertz CT molecular complexity index is 296. The van der Waals surface area contributed by atoms with E-state index in [2.05, 4.69) is 22.4 Å². The molecule has 0 saturated heterocycles. The van der Waals surface area contributed by atoms with E-state index in [-0.39, 0.29) is 0 Å². The molecule has 1 aromatic rings. The molecule has 0 aromatic carbocycles. The molecular formula is C9H15N3O2. The lowest BCUT2D eigenvalue weighted by molar-refractivity contribution is 0.168. The van der Waals surface area contributed by atoms with E-state index >= 15 is 0 Å². The number of aryl methyl sites for hydroxylation is 1. The van der Waals surface area contributed by atoms with E-state index in [0.717, 1.165) is 18.5 Å². The van der Waals surface area contributed by atoms with Crippen LogP contribution in [0.15, 0.2) is 6.07 Å². The highest BCUT2D eigenvalue weighted by molar-refractivity contribution is 5.83. The molecule has 1 rings (SSSR count). The molecule has 0 atom stereocenters. The first kappa shape index (κ1) is 10.6. The van der Waals surface area contributed by atoms with Crippen LogP contribution in [-0.2, 0) is 11.2 Å². The van der Waals surface area contributed by atoms with Crippen molar-refractivity contribution in [3.63, 3.8) is 0 Å². The molecule has 0 aliphatic rings. The first-order valence-corrected chi connectivity index (χ1v) is 4.74. The van der Waals surface area contributed by atoms with Gasteiger partial charge in [-0.25, -0.2) is 4.79 Å². The van der Waals surface area contributed by atoms with Gasteiger partial charge in [-0.1, -0.05) is 13.3 Å². The van der Waals surface area contributed by atoms with Gasteiger partial charge in [-0.2, -0.15) is 5.10 Å². The molecule has 0 bridgehead atoms. The highest BCUT2D eigenvalue weighted by Crippen LogP contribution is 2.07. The number of carbonyl (C=O) groups is 1. The number of H-pyrrole nitrogens is 1. The van der Waals surface area contributed by atoms with Gasteiger partial charge in [0.15, 0.2) is 5.82 Å². The van der Waals surface area contributed by atoms with Crippen LogP contribution in [0.1, 0.15) is 26.0 Å². The van der Waals surface area contributed by atoms with Gasteiger partial charge in [0.2, 0.25) is 0 Å². The summed E-state index contributed by atoms with van der Waals surface area (Å²) in [7, 11) is 0. The van der Waals surface area contributed by atoms with Crippen molar-refractivity contribution >= 4 is 11.9 Å². The summed E-state index contributed by atoms with van der Waals surface area (Å²) in [5.41, 5.74) is 1.01. The number of aromatic nitrogens is 2. The number of aromatic amines is 1. The molecule has 14 heavy (non-hydrogen) atoms. The number of anilines is 1. The van der Waals surface area contributed by atoms with E-state index < -0.39 is 6.09 Å². The smallest absolute Gasteiger partial charge is 0.412 e. The fourth-order valence-electron chi connectivity index (χ4n) is 1.09. The van der Waals surface area contributed by atoms with Gasteiger partial charge in [0.05, 0.1) is 6.61 Å². The van der Waals surface area contributed by atoms with Crippen molar-refractivity contribution in [3.05, 3.63) is 11.8 Å². The van der Waals surface area contributed by atoms with Crippen molar-refractivity contribution in [2.75, 3.05) is 11.9 Å². The van der Waals surface area contributed by atoms with Crippen LogP contribution < -0.4 is 5.32 Å². The standard InChI is InChI=1S/C9H15N3O2/c1-3-5-7-6-8(12-11-7)10-9(13)14-4-2/h6H,3-5H2,1-2H3,(H2,10,11,12,13). The van der Waals surface area contributed by atoms with Gasteiger partial charge < -0.3 is 4.74 Å². The zero-order valence-corrected chi connectivity index (χ0v) is 8.46.